The Kier molecular flexibility index (Phi) is 6.37. The lowest BCUT2D eigenvalue weighted by atomic mass is 10.0. The highest BCUT2D eigenvalue weighted by Gasteiger charge is 2.15. The van der Waals surface area contributed by atoms with Crippen LogP contribution < -0.4 is 11.0 Å². The molecule has 0 aliphatic rings. The van der Waals surface area contributed by atoms with Crippen molar-refractivity contribution < 1.29 is 4.79 Å². The maximum atomic E-state index is 12.9. The summed E-state index contributed by atoms with van der Waals surface area (Å²) in [6.45, 7) is 4.56. The molecule has 3 aromatic carbocycles. The lowest BCUT2D eigenvalue weighted by Gasteiger charge is -2.13. The minimum absolute atomic E-state index is 0.122. The van der Waals surface area contributed by atoms with Crippen LogP contribution in [0.4, 0.5) is 0 Å². The summed E-state index contributed by atoms with van der Waals surface area (Å²) >= 11 is 6.23. The molecule has 0 atom stereocenters. The van der Waals surface area contributed by atoms with Gasteiger partial charge >= 0.3 is 5.69 Å². The van der Waals surface area contributed by atoms with Gasteiger partial charge in [0, 0.05) is 22.5 Å². The molecule has 0 spiro atoms. The van der Waals surface area contributed by atoms with Crippen molar-refractivity contribution in [2.24, 2.45) is 0 Å². The number of rotatable bonds is 6. The molecule has 0 aliphatic heterocycles. The first kappa shape index (κ1) is 21.8. The molecule has 4 aromatic rings. The van der Waals surface area contributed by atoms with Gasteiger partial charge in [0.15, 0.2) is 0 Å². The maximum Gasteiger partial charge on any atom is 0.349 e. The molecule has 1 heterocycles. The van der Waals surface area contributed by atoms with Crippen molar-refractivity contribution in [3.63, 3.8) is 0 Å². The molecule has 4 rings (SSSR count). The SMILES string of the molecule is CC(C)c1ccc(CNC(=O)Cn2c(=O)nc(-c3ccccc3)c3cc(Cl)ccc32)cc1. The van der Waals surface area contributed by atoms with Gasteiger partial charge in [-0.2, -0.15) is 4.98 Å². The molecule has 1 aromatic heterocycles. The van der Waals surface area contributed by atoms with Crippen molar-refractivity contribution in [3.05, 3.63) is 99.4 Å². The van der Waals surface area contributed by atoms with E-state index in [0.717, 1.165) is 16.5 Å². The van der Waals surface area contributed by atoms with E-state index in [1.807, 2.05) is 42.5 Å². The molecule has 5 nitrogen and oxygen atoms in total. The first-order valence-electron chi connectivity index (χ1n) is 10.5. The van der Waals surface area contributed by atoms with Gasteiger partial charge in [-0.05, 0) is 35.2 Å². The largest absolute Gasteiger partial charge is 0.350 e. The van der Waals surface area contributed by atoms with Crippen LogP contribution in [0.5, 0.6) is 0 Å². The van der Waals surface area contributed by atoms with Gasteiger partial charge in [-0.15, -0.1) is 0 Å². The van der Waals surface area contributed by atoms with Crippen LogP contribution in [0.25, 0.3) is 22.2 Å². The Morgan fingerprint density at radius 1 is 1.03 bits per heavy atom. The number of hydrogen-bond donors (Lipinski definition) is 1. The lowest BCUT2D eigenvalue weighted by Crippen LogP contribution is -2.33. The smallest absolute Gasteiger partial charge is 0.349 e. The minimum atomic E-state index is -0.477. The van der Waals surface area contributed by atoms with Crippen molar-refractivity contribution >= 4 is 28.4 Å². The fourth-order valence-electron chi connectivity index (χ4n) is 3.64. The second-order valence-corrected chi connectivity index (χ2v) is 8.47. The molecule has 0 aliphatic carbocycles. The zero-order valence-electron chi connectivity index (χ0n) is 18.0. The van der Waals surface area contributed by atoms with E-state index in [0.29, 0.717) is 28.7 Å². The molecule has 1 amide bonds. The van der Waals surface area contributed by atoms with Crippen LogP contribution in [-0.4, -0.2) is 15.5 Å². The number of carbonyl (C=O) groups is 1. The molecule has 1 N–H and O–H groups in total. The lowest BCUT2D eigenvalue weighted by molar-refractivity contribution is -0.121. The minimum Gasteiger partial charge on any atom is -0.350 e. The van der Waals surface area contributed by atoms with Crippen molar-refractivity contribution in [3.8, 4) is 11.3 Å². The van der Waals surface area contributed by atoms with Crippen LogP contribution in [0, 0.1) is 0 Å². The molecule has 0 radical (unpaired) electrons. The zero-order chi connectivity index (χ0) is 22.7. The van der Waals surface area contributed by atoms with Gasteiger partial charge in [-0.1, -0.05) is 80.0 Å². The Morgan fingerprint density at radius 2 is 1.75 bits per heavy atom. The highest BCUT2D eigenvalue weighted by molar-refractivity contribution is 6.31. The van der Waals surface area contributed by atoms with Crippen LogP contribution in [0.2, 0.25) is 5.02 Å². The van der Waals surface area contributed by atoms with E-state index in [4.69, 9.17) is 11.6 Å². The molecule has 6 heteroatoms. The summed E-state index contributed by atoms with van der Waals surface area (Å²) in [4.78, 5) is 29.8. The van der Waals surface area contributed by atoms with Gasteiger partial charge in [-0.25, -0.2) is 4.79 Å². The predicted octanol–water partition coefficient (Wildman–Crippen LogP) is 5.16. The third kappa shape index (κ3) is 4.73. The first-order valence-corrected chi connectivity index (χ1v) is 10.9. The number of hydrogen-bond acceptors (Lipinski definition) is 3. The molecule has 32 heavy (non-hydrogen) atoms. The highest BCUT2D eigenvalue weighted by Crippen LogP contribution is 2.27. The molecular weight excluding hydrogens is 422 g/mol. The number of benzene rings is 3. The Morgan fingerprint density at radius 3 is 2.44 bits per heavy atom. The van der Waals surface area contributed by atoms with Gasteiger partial charge in [-0.3, -0.25) is 9.36 Å². The summed E-state index contributed by atoms with van der Waals surface area (Å²) in [6, 6.07) is 22.9. The number of carbonyl (C=O) groups excluding carboxylic acids is 1. The fourth-order valence-corrected chi connectivity index (χ4v) is 3.81. The first-order chi connectivity index (χ1) is 15.4. The van der Waals surface area contributed by atoms with Crippen LogP contribution in [0.3, 0.4) is 0 Å². The van der Waals surface area contributed by atoms with Gasteiger partial charge in [0.25, 0.3) is 0 Å². The molecule has 0 fully saturated rings. The quantitative estimate of drug-likeness (QED) is 0.446. The highest BCUT2D eigenvalue weighted by atomic mass is 35.5. The van der Waals surface area contributed by atoms with Gasteiger partial charge in [0.2, 0.25) is 5.91 Å². The van der Waals surface area contributed by atoms with Gasteiger partial charge in [0.05, 0.1) is 11.2 Å². The molecule has 0 bridgehead atoms. The average Bonchev–Trinajstić information content (AvgIpc) is 2.80. The summed E-state index contributed by atoms with van der Waals surface area (Å²) in [5, 5.41) is 4.15. The number of amides is 1. The van der Waals surface area contributed by atoms with Crippen molar-refractivity contribution in [2.75, 3.05) is 0 Å². The van der Waals surface area contributed by atoms with E-state index < -0.39 is 5.69 Å². The number of nitrogens with one attached hydrogen (secondary N) is 1. The van der Waals surface area contributed by atoms with Crippen LogP contribution in [0.1, 0.15) is 30.9 Å². The second kappa shape index (κ2) is 9.37. The van der Waals surface area contributed by atoms with E-state index >= 15 is 0 Å². The number of halogens is 1. The Balaban J connectivity index is 1.60. The van der Waals surface area contributed by atoms with Crippen LogP contribution in [0.15, 0.2) is 77.6 Å². The van der Waals surface area contributed by atoms with Gasteiger partial charge in [0.1, 0.15) is 6.54 Å². The van der Waals surface area contributed by atoms with E-state index in [-0.39, 0.29) is 12.5 Å². The van der Waals surface area contributed by atoms with E-state index in [9.17, 15) is 9.59 Å². The Labute approximate surface area is 191 Å². The normalized spacial score (nSPS) is 11.1. The summed E-state index contributed by atoms with van der Waals surface area (Å²) < 4.78 is 1.38. The third-order valence-corrected chi connectivity index (χ3v) is 5.66. The third-order valence-electron chi connectivity index (χ3n) is 5.43. The topological polar surface area (TPSA) is 64.0 Å². The van der Waals surface area contributed by atoms with Gasteiger partial charge < -0.3 is 5.32 Å². The number of fused-ring (bicyclic) bond motifs is 1. The summed E-state index contributed by atoms with van der Waals surface area (Å²) in [5.74, 6) is 0.198. The molecule has 162 valence electrons. The van der Waals surface area contributed by atoms with E-state index in [2.05, 4.69) is 36.3 Å². The van der Waals surface area contributed by atoms with Crippen LogP contribution >= 0.6 is 11.6 Å². The zero-order valence-corrected chi connectivity index (χ0v) is 18.8. The van der Waals surface area contributed by atoms with Crippen molar-refractivity contribution in [2.45, 2.75) is 32.9 Å². The summed E-state index contributed by atoms with van der Waals surface area (Å²) in [5.41, 5.74) is 3.76. The Bertz CT molecular complexity index is 1310. The van der Waals surface area contributed by atoms with Crippen molar-refractivity contribution in [1.29, 1.82) is 0 Å². The molecule has 0 unspecified atom stereocenters. The summed E-state index contributed by atoms with van der Waals surface area (Å²) in [7, 11) is 0. The predicted molar refractivity (Wildman–Crippen MR) is 129 cm³/mol. The molecule has 0 saturated heterocycles. The molecule has 0 saturated carbocycles. The number of nitrogens with zero attached hydrogens (tertiary/aromatic N) is 2. The molecular formula is C26H24ClN3O2. The fraction of sp³-hybridized carbons (Fsp3) is 0.192. The Hall–Kier alpha value is -3.44. The summed E-state index contributed by atoms with van der Waals surface area (Å²) in [6.07, 6.45) is 0. The van der Waals surface area contributed by atoms with E-state index in [1.54, 1.807) is 18.2 Å². The maximum absolute atomic E-state index is 12.9. The number of aromatic nitrogens is 2. The van der Waals surface area contributed by atoms with Crippen LogP contribution in [-0.2, 0) is 17.9 Å². The standard InChI is InChI=1S/C26H24ClN3O2/c1-17(2)19-10-8-18(9-11-19)15-28-24(31)16-30-23-13-12-21(27)14-22(23)25(29-26(30)32)20-6-4-3-5-7-20/h3-14,17H,15-16H2,1-2H3,(H,28,31). The second-order valence-electron chi connectivity index (χ2n) is 8.03. The van der Waals surface area contributed by atoms with Crippen molar-refractivity contribution in [1.82, 2.24) is 14.9 Å². The average molecular weight is 446 g/mol. The van der Waals surface area contributed by atoms with E-state index in [1.165, 1.54) is 10.1 Å². The monoisotopic (exact) mass is 445 g/mol.